The van der Waals surface area contributed by atoms with Gasteiger partial charge in [0, 0.05) is 18.9 Å². The molecule has 2 fully saturated rings. The second kappa shape index (κ2) is 7.00. The van der Waals surface area contributed by atoms with Crippen LogP contribution < -0.4 is 9.47 Å². The number of aromatic nitrogens is 2. The van der Waals surface area contributed by atoms with Gasteiger partial charge in [-0.1, -0.05) is 19.3 Å². The van der Waals surface area contributed by atoms with Crippen LogP contribution in [0.4, 0.5) is 0 Å². The van der Waals surface area contributed by atoms with E-state index in [1.165, 1.54) is 19.5 Å². The van der Waals surface area contributed by atoms with E-state index in [0.29, 0.717) is 31.3 Å². The first-order valence-electron chi connectivity index (χ1n) is 8.12. The summed E-state index contributed by atoms with van der Waals surface area (Å²) in [4.78, 5) is 8.15. The van der Waals surface area contributed by atoms with Gasteiger partial charge in [0.2, 0.25) is 10.0 Å². The van der Waals surface area contributed by atoms with Crippen molar-refractivity contribution in [3.05, 3.63) is 12.4 Å². The highest BCUT2D eigenvalue weighted by atomic mass is 32.2. The lowest BCUT2D eigenvalue weighted by molar-refractivity contribution is 0.194. The Morgan fingerprint density at radius 3 is 2.48 bits per heavy atom. The quantitative estimate of drug-likeness (QED) is 0.809. The minimum atomic E-state index is -3.22. The fourth-order valence-corrected chi connectivity index (χ4v) is 5.37. The second-order valence-corrected chi connectivity index (χ2v) is 8.28. The van der Waals surface area contributed by atoms with Crippen LogP contribution in [-0.2, 0) is 10.0 Å². The summed E-state index contributed by atoms with van der Waals surface area (Å²) >= 11 is 0. The zero-order valence-electron chi connectivity index (χ0n) is 13.3. The minimum absolute atomic E-state index is 0.209. The molecule has 1 saturated heterocycles. The number of nitrogens with zero attached hydrogens (tertiary/aromatic N) is 3. The van der Waals surface area contributed by atoms with E-state index in [-0.39, 0.29) is 11.4 Å². The summed E-state index contributed by atoms with van der Waals surface area (Å²) in [7, 11) is -1.71. The van der Waals surface area contributed by atoms with Crippen LogP contribution in [0.25, 0.3) is 0 Å². The van der Waals surface area contributed by atoms with Crippen LogP contribution in [0.2, 0.25) is 0 Å². The maximum atomic E-state index is 12.7. The van der Waals surface area contributed by atoms with Gasteiger partial charge in [0.05, 0.1) is 18.9 Å². The van der Waals surface area contributed by atoms with Crippen molar-refractivity contribution in [2.24, 2.45) is 0 Å². The Balaban J connectivity index is 1.64. The fraction of sp³-hybridized carbons (Fsp3) is 0.733. The van der Waals surface area contributed by atoms with Gasteiger partial charge in [0.15, 0.2) is 0 Å². The predicted octanol–water partition coefficient (Wildman–Crippen LogP) is 1.60. The van der Waals surface area contributed by atoms with Crippen LogP contribution in [-0.4, -0.2) is 54.2 Å². The van der Waals surface area contributed by atoms with E-state index in [1.807, 2.05) is 0 Å². The van der Waals surface area contributed by atoms with Gasteiger partial charge < -0.3 is 9.47 Å². The Morgan fingerprint density at radius 1 is 1.09 bits per heavy atom. The van der Waals surface area contributed by atoms with Gasteiger partial charge in [-0.2, -0.15) is 4.31 Å². The number of hydrogen-bond donors (Lipinski definition) is 0. The summed E-state index contributed by atoms with van der Waals surface area (Å²) in [5.74, 6) is 0.637. The van der Waals surface area contributed by atoms with Crippen LogP contribution in [0.5, 0.6) is 11.8 Å². The van der Waals surface area contributed by atoms with Crippen LogP contribution in [0.1, 0.15) is 38.5 Å². The minimum Gasteiger partial charge on any atom is -0.477 e. The molecule has 0 radical (unpaired) electrons. The molecular formula is C15H23N3O4S. The Labute approximate surface area is 137 Å². The average Bonchev–Trinajstić information content (AvgIpc) is 3.05. The highest BCUT2D eigenvalue weighted by Gasteiger charge is 2.38. The third-order valence-electron chi connectivity index (χ3n) is 4.55. The predicted molar refractivity (Wildman–Crippen MR) is 85.0 cm³/mol. The van der Waals surface area contributed by atoms with Crippen molar-refractivity contribution >= 4 is 10.0 Å². The van der Waals surface area contributed by atoms with Crippen LogP contribution in [0, 0.1) is 0 Å². The second-order valence-electron chi connectivity index (χ2n) is 6.06. The van der Waals surface area contributed by atoms with Gasteiger partial charge in [0.25, 0.3) is 11.8 Å². The summed E-state index contributed by atoms with van der Waals surface area (Å²) in [6.07, 6.45) is 8.23. The van der Waals surface area contributed by atoms with Crippen molar-refractivity contribution in [1.29, 1.82) is 0 Å². The van der Waals surface area contributed by atoms with E-state index >= 15 is 0 Å². The molecule has 1 aliphatic carbocycles. The summed E-state index contributed by atoms with van der Waals surface area (Å²) in [5.41, 5.74) is 0. The molecule has 1 aromatic heterocycles. The van der Waals surface area contributed by atoms with Crippen LogP contribution in [0.3, 0.4) is 0 Å². The SMILES string of the molecule is COc1nccnc1OC1CCN(S(=O)(=O)C2CCCCC2)C1. The molecular weight excluding hydrogens is 318 g/mol. The Bertz CT molecular complexity index is 631. The van der Waals surface area contributed by atoms with Gasteiger partial charge in [0.1, 0.15) is 6.10 Å². The monoisotopic (exact) mass is 341 g/mol. The standard InChI is InChI=1S/C15H23N3O4S/c1-21-14-15(17-9-8-16-14)22-12-7-10-18(11-12)23(19,20)13-5-3-2-4-6-13/h8-9,12-13H,2-7,10-11H2,1H3. The Morgan fingerprint density at radius 2 is 1.78 bits per heavy atom. The van der Waals surface area contributed by atoms with Gasteiger partial charge >= 0.3 is 0 Å². The Kier molecular flexibility index (Phi) is 5.01. The molecule has 0 aromatic carbocycles. The summed E-state index contributed by atoms with van der Waals surface area (Å²) < 4.78 is 38.0. The normalized spacial score (nSPS) is 23.8. The van der Waals surface area contributed by atoms with E-state index in [4.69, 9.17) is 9.47 Å². The zero-order valence-corrected chi connectivity index (χ0v) is 14.2. The Hall–Kier alpha value is -1.41. The van der Waals surface area contributed by atoms with Crippen LogP contribution >= 0.6 is 0 Å². The number of sulfonamides is 1. The molecule has 1 aliphatic heterocycles. The van der Waals surface area contributed by atoms with Gasteiger partial charge in [-0.15, -0.1) is 0 Å². The lowest BCUT2D eigenvalue weighted by Crippen LogP contribution is -2.39. The van der Waals surface area contributed by atoms with Crippen LogP contribution in [0.15, 0.2) is 12.4 Å². The smallest absolute Gasteiger partial charge is 0.278 e. The number of ether oxygens (including phenoxy) is 2. The van der Waals surface area contributed by atoms with Crippen molar-refractivity contribution in [2.75, 3.05) is 20.2 Å². The number of rotatable bonds is 5. The third-order valence-corrected chi connectivity index (χ3v) is 6.91. The molecule has 2 heterocycles. The molecule has 1 unspecified atom stereocenters. The van der Waals surface area contributed by atoms with Gasteiger partial charge in [-0.05, 0) is 19.3 Å². The summed E-state index contributed by atoms with van der Waals surface area (Å²) in [6.45, 7) is 0.880. The first-order chi connectivity index (χ1) is 11.1. The molecule has 2 aliphatic rings. The van der Waals surface area contributed by atoms with E-state index < -0.39 is 10.0 Å². The molecule has 128 valence electrons. The molecule has 0 N–H and O–H groups in total. The van der Waals surface area contributed by atoms with Crippen molar-refractivity contribution in [3.63, 3.8) is 0 Å². The average molecular weight is 341 g/mol. The topological polar surface area (TPSA) is 81.6 Å². The van der Waals surface area contributed by atoms with Crippen molar-refractivity contribution < 1.29 is 17.9 Å². The van der Waals surface area contributed by atoms with Crippen molar-refractivity contribution in [2.45, 2.75) is 49.9 Å². The highest BCUT2D eigenvalue weighted by molar-refractivity contribution is 7.89. The van der Waals surface area contributed by atoms with E-state index in [2.05, 4.69) is 9.97 Å². The molecule has 0 amide bonds. The molecule has 0 spiro atoms. The van der Waals surface area contributed by atoms with Crippen molar-refractivity contribution in [3.8, 4) is 11.8 Å². The van der Waals surface area contributed by atoms with Gasteiger partial charge in [-0.3, -0.25) is 0 Å². The van der Waals surface area contributed by atoms with E-state index in [1.54, 1.807) is 4.31 Å². The lowest BCUT2D eigenvalue weighted by Gasteiger charge is -2.26. The maximum absolute atomic E-state index is 12.7. The fourth-order valence-electron chi connectivity index (χ4n) is 3.29. The highest BCUT2D eigenvalue weighted by Crippen LogP contribution is 2.30. The van der Waals surface area contributed by atoms with Gasteiger partial charge in [-0.25, -0.2) is 18.4 Å². The number of hydrogen-bond acceptors (Lipinski definition) is 6. The molecule has 1 saturated carbocycles. The molecule has 7 nitrogen and oxygen atoms in total. The molecule has 0 bridgehead atoms. The zero-order chi connectivity index (χ0) is 16.3. The molecule has 1 atom stereocenters. The first-order valence-corrected chi connectivity index (χ1v) is 9.62. The third kappa shape index (κ3) is 3.58. The largest absolute Gasteiger partial charge is 0.477 e. The molecule has 23 heavy (non-hydrogen) atoms. The molecule has 1 aromatic rings. The van der Waals surface area contributed by atoms with Crippen molar-refractivity contribution in [1.82, 2.24) is 14.3 Å². The summed E-state index contributed by atoms with van der Waals surface area (Å²) in [6, 6.07) is 0. The lowest BCUT2D eigenvalue weighted by atomic mass is 10.0. The van der Waals surface area contributed by atoms with E-state index in [0.717, 1.165) is 32.1 Å². The molecule has 8 heteroatoms. The maximum Gasteiger partial charge on any atom is 0.278 e. The van der Waals surface area contributed by atoms with E-state index in [9.17, 15) is 8.42 Å². The summed E-state index contributed by atoms with van der Waals surface area (Å²) in [5, 5.41) is -0.221. The molecule has 3 rings (SSSR count). The first kappa shape index (κ1) is 16.4. The number of methoxy groups -OCH3 is 1.